The van der Waals surface area contributed by atoms with Crippen molar-refractivity contribution >= 4 is 11.9 Å². The summed E-state index contributed by atoms with van der Waals surface area (Å²) in [6.45, 7) is 7.06. The number of carbonyl (C=O) groups excluding carboxylic acids is 1. The van der Waals surface area contributed by atoms with Gasteiger partial charge < -0.3 is 10.0 Å². The molecular weight excluding hydrogens is 230 g/mol. The van der Waals surface area contributed by atoms with E-state index in [2.05, 4.69) is 0 Å². The fourth-order valence-electron chi connectivity index (χ4n) is 2.85. The normalized spacial score (nSPS) is 29.7. The van der Waals surface area contributed by atoms with E-state index in [4.69, 9.17) is 0 Å². The molecule has 2 rings (SSSR count). The number of hydrogen-bond acceptors (Lipinski definition) is 2. The molecule has 0 bridgehead atoms. The molecule has 1 unspecified atom stereocenters. The van der Waals surface area contributed by atoms with Gasteiger partial charge in [-0.15, -0.1) is 0 Å². The van der Waals surface area contributed by atoms with Gasteiger partial charge in [0.15, 0.2) is 0 Å². The van der Waals surface area contributed by atoms with E-state index in [0.29, 0.717) is 24.9 Å². The first-order valence-electron chi connectivity index (χ1n) is 6.93. The molecule has 0 radical (unpaired) electrons. The third-order valence-corrected chi connectivity index (χ3v) is 4.61. The number of amides is 1. The van der Waals surface area contributed by atoms with Gasteiger partial charge in [0, 0.05) is 19.0 Å². The predicted molar refractivity (Wildman–Crippen MR) is 67.9 cm³/mol. The van der Waals surface area contributed by atoms with Crippen LogP contribution in [0, 0.1) is 29.6 Å². The average molecular weight is 253 g/mol. The number of likely N-dealkylation sites (tertiary alicyclic amines) is 1. The summed E-state index contributed by atoms with van der Waals surface area (Å²) in [7, 11) is 0. The SMILES string of the molecule is CC(C)C(C)C(=O)N1C[C@H](C(=O)O)[C@@H](C2CC2)C1. The van der Waals surface area contributed by atoms with Gasteiger partial charge in [0.2, 0.25) is 5.91 Å². The predicted octanol–water partition coefficient (Wildman–Crippen LogP) is 1.85. The van der Waals surface area contributed by atoms with E-state index in [9.17, 15) is 14.7 Å². The first kappa shape index (κ1) is 13.4. The topological polar surface area (TPSA) is 57.6 Å². The van der Waals surface area contributed by atoms with Crippen LogP contribution in [0.25, 0.3) is 0 Å². The molecule has 0 spiro atoms. The van der Waals surface area contributed by atoms with E-state index in [1.807, 2.05) is 20.8 Å². The van der Waals surface area contributed by atoms with Crippen LogP contribution in [-0.4, -0.2) is 35.0 Å². The number of hydrogen-bond donors (Lipinski definition) is 1. The van der Waals surface area contributed by atoms with Gasteiger partial charge in [-0.25, -0.2) is 0 Å². The fourth-order valence-corrected chi connectivity index (χ4v) is 2.85. The third-order valence-electron chi connectivity index (χ3n) is 4.61. The molecule has 0 aromatic carbocycles. The minimum absolute atomic E-state index is 0.0163. The van der Waals surface area contributed by atoms with E-state index < -0.39 is 5.97 Å². The lowest BCUT2D eigenvalue weighted by Gasteiger charge is -2.23. The van der Waals surface area contributed by atoms with Crippen LogP contribution in [0.1, 0.15) is 33.6 Å². The Morgan fingerprint density at radius 2 is 1.78 bits per heavy atom. The van der Waals surface area contributed by atoms with Crippen LogP contribution in [0.15, 0.2) is 0 Å². The van der Waals surface area contributed by atoms with Crippen LogP contribution < -0.4 is 0 Å². The van der Waals surface area contributed by atoms with Crippen molar-refractivity contribution < 1.29 is 14.7 Å². The summed E-state index contributed by atoms with van der Waals surface area (Å²) in [6.07, 6.45) is 2.27. The maximum atomic E-state index is 12.3. The van der Waals surface area contributed by atoms with Crippen molar-refractivity contribution in [2.75, 3.05) is 13.1 Å². The molecule has 0 aromatic rings. The second kappa shape index (κ2) is 4.90. The minimum atomic E-state index is -0.737. The van der Waals surface area contributed by atoms with Crippen LogP contribution in [-0.2, 0) is 9.59 Å². The molecule has 4 nitrogen and oxygen atoms in total. The summed E-state index contributed by atoms with van der Waals surface area (Å²) in [4.78, 5) is 25.3. The molecule has 1 aliphatic carbocycles. The first-order chi connectivity index (χ1) is 8.41. The van der Waals surface area contributed by atoms with Gasteiger partial charge in [0.1, 0.15) is 0 Å². The molecule has 0 aromatic heterocycles. The van der Waals surface area contributed by atoms with Crippen LogP contribution >= 0.6 is 0 Å². The van der Waals surface area contributed by atoms with E-state index in [-0.39, 0.29) is 23.7 Å². The summed E-state index contributed by atoms with van der Waals surface area (Å²) in [6, 6.07) is 0. The lowest BCUT2D eigenvalue weighted by molar-refractivity contribution is -0.143. The molecule has 1 aliphatic heterocycles. The third kappa shape index (κ3) is 2.52. The monoisotopic (exact) mass is 253 g/mol. The van der Waals surface area contributed by atoms with Crippen LogP contribution in [0.3, 0.4) is 0 Å². The number of aliphatic carboxylic acids is 1. The highest BCUT2D eigenvalue weighted by Gasteiger charge is 2.47. The standard InChI is InChI=1S/C14H23NO3/c1-8(2)9(3)13(16)15-6-11(10-4-5-10)12(7-15)14(17)18/h8-12H,4-7H2,1-3H3,(H,17,18)/t9?,11-,12+/m1/s1. The molecule has 1 saturated carbocycles. The van der Waals surface area contributed by atoms with Gasteiger partial charge in [-0.1, -0.05) is 20.8 Å². The Labute approximate surface area is 108 Å². The van der Waals surface area contributed by atoms with Crippen molar-refractivity contribution in [3.05, 3.63) is 0 Å². The number of rotatable bonds is 4. The summed E-state index contributed by atoms with van der Waals surface area (Å²) >= 11 is 0. The quantitative estimate of drug-likeness (QED) is 0.831. The molecule has 1 saturated heterocycles. The number of carbonyl (C=O) groups is 2. The zero-order valence-corrected chi connectivity index (χ0v) is 11.4. The molecular formula is C14H23NO3. The zero-order valence-electron chi connectivity index (χ0n) is 11.4. The number of carboxylic acids is 1. The summed E-state index contributed by atoms with van der Waals surface area (Å²) in [5.74, 6) is 0.0573. The molecule has 3 atom stereocenters. The largest absolute Gasteiger partial charge is 0.481 e. The fraction of sp³-hybridized carbons (Fsp3) is 0.857. The Hall–Kier alpha value is -1.06. The molecule has 4 heteroatoms. The molecule has 2 aliphatic rings. The van der Waals surface area contributed by atoms with Crippen molar-refractivity contribution in [2.24, 2.45) is 29.6 Å². The maximum absolute atomic E-state index is 12.3. The number of nitrogens with zero attached hydrogens (tertiary/aromatic N) is 1. The Kier molecular flexibility index (Phi) is 3.64. The molecule has 102 valence electrons. The Morgan fingerprint density at radius 3 is 2.22 bits per heavy atom. The highest BCUT2D eigenvalue weighted by molar-refractivity contribution is 5.81. The molecule has 2 fully saturated rings. The first-order valence-corrected chi connectivity index (χ1v) is 6.93. The van der Waals surface area contributed by atoms with Gasteiger partial charge in [0.05, 0.1) is 5.92 Å². The maximum Gasteiger partial charge on any atom is 0.308 e. The lowest BCUT2D eigenvalue weighted by Crippen LogP contribution is -2.36. The van der Waals surface area contributed by atoms with E-state index in [0.717, 1.165) is 12.8 Å². The van der Waals surface area contributed by atoms with Crippen molar-refractivity contribution in [3.63, 3.8) is 0 Å². The van der Waals surface area contributed by atoms with E-state index in [1.54, 1.807) is 4.90 Å². The summed E-state index contributed by atoms with van der Waals surface area (Å²) < 4.78 is 0. The minimum Gasteiger partial charge on any atom is -0.481 e. The smallest absolute Gasteiger partial charge is 0.308 e. The zero-order chi connectivity index (χ0) is 13.4. The molecule has 18 heavy (non-hydrogen) atoms. The average Bonchev–Trinajstić information content (AvgIpc) is 3.05. The Bertz CT molecular complexity index is 349. The highest BCUT2D eigenvalue weighted by atomic mass is 16.4. The molecule has 1 heterocycles. The van der Waals surface area contributed by atoms with Gasteiger partial charge in [-0.05, 0) is 30.6 Å². The van der Waals surface area contributed by atoms with Gasteiger partial charge in [-0.3, -0.25) is 9.59 Å². The van der Waals surface area contributed by atoms with Crippen molar-refractivity contribution in [1.29, 1.82) is 0 Å². The van der Waals surface area contributed by atoms with Crippen LogP contribution in [0.4, 0.5) is 0 Å². The highest BCUT2D eigenvalue weighted by Crippen LogP contribution is 2.44. The van der Waals surface area contributed by atoms with Crippen LogP contribution in [0.2, 0.25) is 0 Å². The second-order valence-electron chi connectivity index (χ2n) is 6.22. The Balaban J connectivity index is 2.04. The number of carboxylic acid groups (broad SMARTS) is 1. The summed E-state index contributed by atoms with van der Waals surface area (Å²) in [5, 5.41) is 9.27. The second-order valence-corrected chi connectivity index (χ2v) is 6.22. The van der Waals surface area contributed by atoms with E-state index >= 15 is 0 Å². The van der Waals surface area contributed by atoms with Crippen molar-refractivity contribution in [2.45, 2.75) is 33.6 Å². The van der Waals surface area contributed by atoms with Gasteiger partial charge in [-0.2, -0.15) is 0 Å². The van der Waals surface area contributed by atoms with Gasteiger partial charge in [0.25, 0.3) is 0 Å². The molecule has 1 N–H and O–H groups in total. The van der Waals surface area contributed by atoms with Crippen LogP contribution in [0.5, 0.6) is 0 Å². The van der Waals surface area contributed by atoms with E-state index in [1.165, 1.54) is 0 Å². The Morgan fingerprint density at radius 1 is 1.17 bits per heavy atom. The van der Waals surface area contributed by atoms with Gasteiger partial charge >= 0.3 is 5.97 Å². The van der Waals surface area contributed by atoms with Crippen molar-refractivity contribution in [3.8, 4) is 0 Å². The lowest BCUT2D eigenvalue weighted by atomic mass is 9.92. The van der Waals surface area contributed by atoms with Crippen molar-refractivity contribution in [1.82, 2.24) is 4.90 Å². The summed E-state index contributed by atoms with van der Waals surface area (Å²) in [5.41, 5.74) is 0. The molecule has 1 amide bonds.